The summed E-state index contributed by atoms with van der Waals surface area (Å²) in [7, 11) is 0. The fraction of sp³-hybridized carbons (Fsp3) is 0.143. The molecule has 0 spiro atoms. The first kappa shape index (κ1) is 12.1. The number of benzene rings is 2. The second-order valence-corrected chi connectivity index (χ2v) is 4.34. The van der Waals surface area contributed by atoms with E-state index >= 15 is 0 Å². The van der Waals surface area contributed by atoms with E-state index in [9.17, 15) is 15.2 Å². The Morgan fingerprint density at radius 2 is 1.61 bits per heavy atom. The number of aryl methyl sites for hydroxylation is 2. The van der Waals surface area contributed by atoms with Gasteiger partial charge in [-0.2, -0.15) is 0 Å². The number of nitro groups is 1. The van der Waals surface area contributed by atoms with Crippen LogP contribution in [0.15, 0.2) is 36.4 Å². The third kappa shape index (κ3) is 2.32. The molecule has 2 aromatic rings. The minimum Gasteiger partial charge on any atom is -0.502 e. The molecular formula is C14H13NO3. The predicted molar refractivity (Wildman–Crippen MR) is 69.7 cm³/mol. The van der Waals surface area contributed by atoms with E-state index in [1.807, 2.05) is 32.0 Å². The highest BCUT2D eigenvalue weighted by molar-refractivity contribution is 5.69. The first-order chi connectivity index (χ1) is 8.47. The molecule has 4 heteroatoms. The molecule has 1 N–H and O–H groups in total. The van der Waals surface area contributed by atoms with Crippen LogP contribution >= 0.6 is 0 Å². The summed E-state index contributed by atoms with van der Waals surface area (Å²) in [6.07, 6.45) is 0. The SMILES string of the molecule is Cc1cc(C)cc(-c2ccc(O)c([N+](=O)[O-])c2)c1. The van der Waals surface area contributed by atoms with Crippen molar-refractivity contribution in [3.05, 3.63) is 57.6 Å². The highest BCUT2D eigenvalue weighted by Crippen LogP contribution is 2.31. The molecule has 0 aliphatic heterocycles. The van der Waals surface area contributed by atoms with E-state index < -0.39 is 4.92 Å². The molecule has 4 nitrogen and oxygen atoms in total. The number of rotatable bonds is 2. The van der Waals surface area contributed by atoms with Crippen LogP contribution in [0.3, 0.4) is 0 Å². The fourth-order valence-electron chi connectivity index (χ4n) is 1.99. The molecule has 0 saturated carbocycles. The number of phenols is 1. The Labute approximate surface area is 105 Å². The van der Waals surface area contributed by atoms with Gasteiger partial charge in [-0.1, -0.05) is 35.4 Å². The standard InChI is InChI=1S/C14H13NO3/c1-9-5-10(2)7-12(6-9)11-3-4-14(16)13(8-11)15(17)18/h3-8,16H,1-2H3. The zero-order valence-electron chi connectivity index (χ0n) is 10.2. The monoisotopic (exact) mass is 243 g/mol. The lowest BCUT2D eigenvalue weighted by atomic mass is 10.0. The third-order valence-electron chi connectivity index (χ3n) is 2.73. The molecule has 0 atom stereocenters. The van der Waals surface area contributed by atoms with Crippen LogP contribution in [-0.4, -0.2) is 10.0 Å². The van der Waals surface area contributed by atoms with E-state index in [2.05, 4.69) is 0 Å². The van der Waals surface area contributed by atoms with Gasteiger partial charge < -0.3 is 5.11 Å². The Kier molecular flexibility index (Phi) is 3.02. The van der Waals surface area contributed by atoms with Gasteiger partial charge >= 0.3 is 5.69 Å². The number of nitro benzene ring substituents is 1. The highest BCUT2D eigenvalue weighted by atomic mass is 16.6. The van der Waals surface area contributed by atoms with Crippen LogP contribution < -0.4 is 0 Å². The van der Waals surface area contributed by atoms with Crippen molar-refractivity contribution in [1.82, 2.24) is 0 Å². The molecule has 0 unspecified atom stereocenters. The third-order valence-corrected chi connectivity index (χ3v) is 2.73. The second kappa shape index (κ2) is 4.49. The first-order valence-electron chi connectivity index (χ1n) is 5.53. The van der Waals surface area contributed by atoms with Gasteiger partial charge in [0.25, 0.3) is 0 Å². The molecule has 0 saturated heterocycles. The first-order valence-corrected chi connectivity index (χ1v) is 5.53. The molecule has 18 heavy (non-hydrogen) atoms. The molecule has 0 radical (unpaired) electrons. The number of nitrogens with zero attached hydrogens (tertiary/aromatic N) is 1. The molecule has 0 aliphatic carbocycles. The lowest BCUT2D eigenvalue weighted by Gasteiger charge is -2.06. The van der Waals surface area contributed by atoms with Crippen molar-refractivity contribution in [2.75, 3.05) is 0 Å². The summed E-state index contributed by atoms with van der Waals surface area (Å²) in [6, 6.07) is 10.4. The Bertz CT molecular complexity index is 600. The van der Waals surface area contributed by atoms with Gasteiger partial charge in [-0.25, -0.2) is 0 Å². The Morgan fingerprint density at radius 3 is 2.17 bits per heavy atom. The van der Waals surface area contributed by atoms with Crippen molar-refractivity contribution in [1.29, 1.82) is 0 Å². The fourth-order valence-corrected chi connectivity index (χ4v) is 1.99. The van der Waals surface area contributed by atoms with Crippen molar-refractivity contribution in [3.63, 3.8) is 0 Å². The zero-order valence-corrected chi connectivity index (χ0v) is 10.2. The van der Waals surface area contributed by atoms with Crippen LogP contribution in [0.1, 0.15) is 11.1 Å². The maximum absolute atomic E-state index is 10.8. The van der Waals surface area contributed by atoms with Crippen LogP contribution in [-0.2, 0) is 0 Å². The van der Waals surface area contributed by atoms with E-state index in [1.165, 1.54) is 12.1 Å². The van der Waals surface area contributed by atoms with E-state index in [0.29, 0.717) is 0 Å². The molecule has 0 aromatic heterocycles. The van der Waals surface area contributed by atoms with E-state index in [1.54, 1.807) is 6.07 Å². The van der Waals surface area contributed by atoms with Crippen molar-refractivity contribution in [2.45, 2.75) is 13.8 Å². The molecule has 92 valence electrons. The summed E-state index contributed by atoms with van der Waals surface area (Å²) in [5.74, 6) is -0.312. The van der Waals surface area contributed by atoms with Gasteiger partial charge in [0.05, 0.1) is 4.92 Å². The van der Waals surface area contributed by atoms with Crippen LogP contribution in [0, 0.1) is 24.0 Å². The quantitative estimate of drug-likeness (QED) is 0.647. The van der Waals surface area contributed by atoms with Gasteiger partial charge in [0.15, 0.2) is 5.75 Å². The van der Waals surface area contributed by atoms with E-state index in [4.69, 9.17) is 0 Å². The van der Waals surface area contributed by atoms with Crippen LogP contribution in [0.2, 0.25) is 0 Å². The summed E-state index contributed by atoms with van der Waals surface area (Å²) in [5, 5.41) is 20.2. The largest absolute Gasteiger partial charge is 0.502 e. The van der Waals surface area contributed by atoms with Crippen molar-refractivity contribution in [2.24, 2.45) is 0 Å². The van der Waals surface area contributed by atoms with Crippen LogP contribution in [0.25, 0.3) is 11.1 Å². The summed E-state index contributed by atoms with van der Waals surface area (Å²) in [4.78, 5) is 10.2. The highest BCUT2D eigenvalue weighted by Gasteiger charge is 2.14. The molecular weight excluding hydrogens is 230 g/mol. The van der Waals surface area contributed by atoms with Gasteiger partial charge in [0.2, 0.25) is 0 Å². The number of hydrogen-bond acceptors (Lipinski definition) is 3. The lowest BCUT2D eigenvalue weighted by molar-refractivity contribution is -0.385. The van der Waals surface area contributed by atoms with Crippen molar-refractivity contribution < 1.29 is 10.0 Å². The molecule has 0 fully saturated rings. The van der Waals surface area contributed by atoms with Crippen LogP contribution in [0.4, 0.5) is 5.69 Å². The summed E-state index contributed by atoms with van der Waals surface area (Å²) < 4.78 is 0. The lowest BCUT2D eigenvalue weighted by Crippen LogP contribution is -1.90. The summed E-state index contributed by atoms with van der Waals surface area (Å²) >= 11 is 0. The van der Waals surface area contributed by atoms with Gasteiger partial charge in [0.1, 0.15) is 0 Å². The van der Waals surface area contributed by atoms with Gasteiger partial charge in [-0.15, -0.1) is 0 Å². The maximum atomic E-state index is 10.8. The average Bonchev–Trinajstić information content (AvgIpc) is 2.27. The Morgan fingerprint density at radius 1 is 1.00 bits per heavy atom. The van der Waals surface area contributed by atoms with Gasteiger partial charge in [0, 0.05) is 6.07 Å². The van der Waals surface area contributed by atoms with Crippen molar-refractivity contribution in [3.8, 4) is 16.9 Å². The van der Waals surface area contributed by atoms with E-state index in [-0.39, 0.29) is 11.4 Å². The minimum absolute atomic E-state index is 0.272. The number of phenolic OH excluding ortho intramolecular Hbond substituents is 1. The summed E-state index contributed by atoms with van der Waals surface area (Å²) in [6.45, 7) is 3.96. The van der Waals surface area contributed by atoms with Crippen molar-refractivity contribution >= 4 is 5.69 Å². The smallest absolute Gasteiger partial charge is 0.311 e. The summed E-state index contributed by atoms with van der Waals surface area (Å²) in [5.41, 5.74) is 3.56. The minimum atomic E-state index is -0.582. The molecule has 0 aliphatic rings. The topological polar surface area (TPSA) is 63.4 Å². The number of hydrogen-bond donors (Lipinski definition) is 1. The number of aromatic hydroxyl groups is 1. The molecule has 2 rings (SSSR count). The van der Waals surface area contributed by atoms with Gasteiger partial charge in [-0.05, 0) is 31.0 Å². The Hall–Kier alpha value is -2.36. The maximum Gasteiger partial charge on any atom is 0.311 e. The zero-order chi connectivity index (χ0) is 13.3. The Balaban J connectivity index is 2.57. The molecule has 0 heterocycles. The second-order valence-electron chi connectivity index (χ2n) is 4.34. The van der Waals surface area contributed by atoms with Crippen LogP contribution in [0.5, 0.6) is 5.75 Å². The average molecular weight is 243 g/mol. The molecule has 2 aromatic carbocycles. The molecule has 0 bridgehead atoms. The van der Waals surface area contributed by atoms with Gasteiger partial charge in [-0.3, -0.25) is 10.1 Å². The predicted octanol–water partition coefficient (Wildman–Crippen LogP) is 3.58. The normalized spacial score (nSPS) is 10.3. The van der Waals surface area contributed by atoms with E-state index in [0.717, 1.165) is 22.3 Å². The molecule has 0 amide bonds.